The van der Waals surface area contributed by atoms with Gasteiger partial charge in [0.05, 0.1) is 0 Å². The first kappa shape index (κ1) is 14.3. The van der Waals surface area contributed by atoms with Crippen molar-refractivity contribution in [1.82, 2.24) is 9.55 Å². The number of hydrogen-bond donors (Lipinski definition) is 4. The van der Waals surface area contributed by atoms with Gasteiger partial charge in [-0.2, -0.15) is 0 Å². The van der Waals surface area contributed by atoms with Gasteiger partial charge in [0.15, 0.2) is 0 Å². The number of aromatic amines is 1. The number of nitrogen functional groups attached to an aromatic ring is 1. The van der Waals surface area contributed by atoms with Gasteiger partial charge in [-0.25, -0.2) is 4.79 Å². The van der Waals surface area contributed by atoms with Crippen LogP contribution in [0.2, 0.25) is 0 Å². The maximum Gasteiger partial charge on any atom is 0.330 e. The fraction of sp³-hybridized carbons (Fsp3) is 0.636. The summed E-state index contributed by atoms with van der Waals surface area (Å²) in [7, 11) is 0. The summed E-state index contributed by atoms with van der Waals surface area (Å²) in [5.41, 5.74) is 4.98. The number of nitrogens with one attached hydrogen (secondary N) is 2. The molecule has 0 aliphatic rings. The lowest BCUT2D eigenvalue weighted by molar-refractivity contribution is 0.282. The summed E-state index contributed by atoms with van der Waals surface area (Å²) < 4.78 is 1.33. The van der Waals surface area contributed by atoms with Gasteiger partial charge in [0, 0.05) is 19.2 Å². The fourth-order valence-corrected chi connectivity index (χ4v) is 1.69. The number of H-pyrrole nitrogens is 1. The van der Waals surface area contributed by atoms with Crippen molar-refractivity contribution in [1.29, 1.82) is 0 Å². The second kappa shape index (κ2) is 6.25. The third-order valence-electron chi connectivity index (χ3n) is 2.64. The lowest BCUT2D eigenvalue weighted by Crippen LogP contribution is -2.35. The van der Waals surface area contributed by atoms with Gasteiger partial charge in [-0.15, -0.1) is 0 Å². The van der Waals surface area contributed by atoms with Crippen molar-refractivity contribution in [2.24, 2.45) is 0 Å². The van der Waals surface area contributed by atoms with Crippen molar-refractivity contribution >= 4 is 11.5 Å². The van der Waals surface area contributed by atoms with Crippen molar-refractivity contribution in [3.63, 3.8) is 0 Å². The van der Waals surface area contributed by atoms with Crippen molar-refractivity contribution in [3.8, 4) is 0 Å². The van der Waals surface area contributed by atoms with E-state index in [0.29, 0.717) is 13.0 Å². The van der Waals surface area contributed by atoms with E-state index < -0.39 is 11.2 Å². The highest BCUT2D eigenvalue weighted by atomic mass is 16.3. The molecule has 1 unspecified atom stereocenters. The number of aliphatic hydroxyl groups is 1. The Labute approximate surface area is 105 Å². The van der Waals surface area contributed by atoms with Crippen molar-refractivity contribution in [3.05, 3.63) is 20.8 Å². The minimum absolute atomic E-state index is 0.0145. The SMILES string of the molecule is CCCn1c(N)c(NC(C)CCO)c(=O)[nH]c1=O. The van der Waals surface area contributed by atoms with Crippen LogP contribution < -0.4 is 22.3 Å². The summed E-state index contributed by atoms with van der Waals surface area (Å²) in [5.74, 6) is 0.135. The standard InChI is InChI=1S/C11H20N4O3/c1-3-5-15-9(12)8(10(17)14-11(15)18)13-7(2)4-6-16/h7,13,16H,3-6,12H2,1-2H3,(H,14,17,18). The zero-order chi connectivity index (χ0) is 13.7. The molecule has 0 bridgehead atoms. The van der Waals surface area contributed by atoms with Crippen LogP contribution in [0.1, 0.15) is 26.7 Å². The number of aliphatic hydroxyl groups excluding tert-OH is 1. The molecule has 1 rings (SSSR count). The van der Waals surface area contributed by atoms with Crippen LogP contribution >= 0.6 is 0 Å². The maximum atomic E-state index is 11.7. The van der Waals surface area contributed by atoms with Gasteiger partial charge >= 0.3 is 5.69 Å². The molecule has 0 saturated carbocycles. The molecule has 1 atom stereocenters. The monoisotopic (exact) mass is 256 g/mol. The number of hydrogen-bond acceptors (Lipinski definition) is 5. The lowest BCUT2D eigenvalue weighted by Gasteiger charge is -2.17. The van der Waals surface area contributed by atoms with E-state index in [9.17, 15) is 9.59 Å². The molecule has 0 radical (unpaired) electrons. The van der Waals surface area contributed by atoms with E-state index in [1.807, 2.05) is 13.8 Å². The van der Waals surface area contributed by atoms with Crippen LogP contribution in [-0.2, 0) is 6.54 Å². The van der Waals surface area contributed by atoms with E-state index >= 15 is 0 Å². The number of anilines is 2. The number of aromatic nitrogens is 2. The summed E-state index contributed by atoms with van der Waals surface area (Å²) in [6.45, 7) is 4.20. The van der Waals surface area contributed by atoms with Gasteiger partial charge in [0.2, 0.25) is 0 Å². The Morgan fingerprint density at radius 1 is 1.50 bits per heavy atom. The van der Waals surface area contributed by atoms with Crippen molar-refractivity contribution < 1.29 is 5.11 Å². The number of nitrogens with two attached hydrogens (primary N) is 1. The number of rotatable bonds is 6. The molecule has 102 valence electrons. The summed E-state index contributed by atoms with van der Waals surface area (Å²) >= 11 is 0. The van der Waals surface area contributed by atoms with Gasteiger partial charge < -0.3 is 16.2 Å². The molecule has 0 aliphatic heterocycles. The quantitative estimate of drug-likeness (QED) is 0.558. The second-order valence-corrected chi connectivity index (χ2v) is 4.23. The molecule has 0 aliphatic carbocycles. The van der Waals surface area contributed by atoms with Crippen LogP contribution in [0.3, 0.4) is 0 Å². The topological polar surface area (TPSA) is 113 Å². The van der Waals surface area contributed by atoms with E-state index in [1.165, 1.54) is 4.57 Å². The third-order valence-corrected chi connectivity index (χ3v) is 2.64. The molecule has 0 spiro atoms. The molecule has 7 heteroatoms. The van der Waals surface area contributed by atoms with Crippen LogP contribution in [-0.4, -0.2) is 27.3 Å². The van der Waals surface area contributed by atoms with Crippen molar-refractivity contribution in [2.45, 2.75) is 39.3 Å². The second-order valence-electron chi connectivity index (χ2n) is 4.23. The first-order valence-electron chi connectivity index (χ1n) is 6.01. The molecular weight excluding hydrogens is 236 g/mol. The highest BCUT2D eigenvalue weighted by Gasteiger charge is 2.13. The Morgan fingerprint density at radius 3 is 2.72 bits per heavy atom. The van der Waals surface area contributed by atoms with E-state index in [4.69, 9.17) is 10.8 Å². The molecule has 7 nitrogen and oxygen atoms in total. The predicted molar refractivity (Wildman–Crippen MR) is 70.8 cm³/mol. The largest absolute Gasteiger partial charge is 0.396 e. The molecular formula is C11H20N4O3. The van der Waals surface area contributed by atoms with E-state index in [2.05, 4.69) is 10.3 Å². The average Bonchev–Trinajstić information content (AvgIpc) is 2.30. The van der Waals surface area contributed by atoms with Crippen molar-refractivity contribution in [2.75, 3.05) is 17.7 Å². The Kier molecular flexibility index (Phi) is 4.96. The fourth-order valence-electron chi connectivity index (χ4n) is 1.69. The molecule has 18 heavy (non-hydrogen) atoms. The van der Waals surface area contributed by atoms with Gasteiger partial charge in [0.25, 0.3) is 5.56 Å². The first-order chi connectivity index (χ1) is 8.51. The average molecular weight is 256 g/mol. The smallest absolute Gasteiger partial charge is 0.330 e. The molecule has 0 amide bonds. The Hall–Kier alpha value is -1.76. The minimum Gasteiger partial charge on any atom is -0.396 e. The van der Waals surface area contributed by atoms with E-state index in [1.54, 1.807) is 0 Å². The molecule has 5 N–H and O–H groups in total. The first-order valence-corrected chi connectivity index (χ1v) is 6.01. The molecule has 0 saturated heterocycles. The zero-order valence-electron chi connectivity index (χ0n) is 10.7. The highest BCUT2D eigenvalue weighted by Crippen LogP contribution is 2.12. The van der Waals surface area contributed by atoms with Crippen LogP contribution in [0.25, 0.3) is 0 Å². The summed E-state index contributed by atoms with van der Waals surface area (Å²) in [4.78, 5) is 25.5. The van der Waals surface area contributed by atoms with E-state index in [0.717, 1.165) is 6.42 Å². The van der Waals surface area contributed by atoms with Gasteiger partial charge in [-0.1, -0.05) is 6.92 Å². The van der Waals surface area contributed by atoms with Crippen LogP contribution in [0.4, 0.5) is 11.5 Å². The summed E-state index contributed by atoms with van der Waals surface area (Å²) in [6.07, 6.45) is 1.23. The normalized spacial score (nSPS) is 12.4. The minimum atomic E-state index is -0.533. The zero-order valence-corrected chi connectivity index (χ0v) is 10.7. The number of nitrogens with zero attached hydrogens (tertiary/aromatic N) is 1. The van der Waals surface area contributed by atoms with Gasteiger partial charge in [0.1, 0.15) is 11.5 Å². The molecule has 0 aromatic carbocycles. The van der Waals surface area contributed by atoms with Crippen LogP contribution in [0.5, 0.6) is 0 Å². The highest BCUT2D eigenvalue weighted by molar-refractivity contribution is 5.60. The predicted octanol–water partition coefficient (Wildman–Crippen LogP) is -0.288. The molecule has 1 heterocycles. The maximum absolute atomic E-state index is 11.7. The lowest BCUT2D eigenvalue weighted by atomic mass is 10.2. The molecule has 0 fully saturated rings. The summed E-state index contributed by atoms with van der Waals surface area (Å²) in [6, 6.07) is -0.106. The van der Waals surface area contributed by atoms with Crippen LogP contribution in [0.15, 0.2) is 9.59 Å². The Bertz CT molecular complexity index is 506. The summed E-state index contributed by atoms with van der Waals surface area (Å²) in [5, 5.41) is 11.7. The molecule has 1 aromatic rings. The Balaban J connectivity index is 3.15. The van der Waals surface area contributed by atoms with Gasteiger partial charge in [-0.3, -0.25) is 14.3 Å². The molecule has 1 aromatic heterocycles. The van der Waals surface area contributed by atoms with Crippen LogP contribution in [0, 0.1) is 0 Å². The van der Waals surface area contributed by atoms with Gasteiger partial charge in [-0.05, 0) is 19.8 Å². The Morgan fingerprint density at radius 2 is 2.17 bits per heavy atom. The van der Waals surface area contributed by atoms with E-state index in [-0.39, 0.29) is 24.2 Å². The third kappa shape index (κ3) is 3.13.